The van der Waals surface area contributed by atoms with Crippen molar-refractivity contribution >= 4 is 23.6 Å². The Morgan fingerprint density at radius 1 is 1.00 bits per heavy atom. The summed E-state index contributed by atoms with van der Waals surface area (Å²) in [7, 11) is 0. The van der Waals surface area contributed by atoms with Gasteiger partial charge in [-0.25, -0.2) is 0 Å². The van der Waals surface area contributed by atoms with Gasteiger partial charge in [-0.15, -0.1) is 11.8 Å². The number of nitrogens with one attached hydrogen (secondary N) is 1. The van der Waals surface area contributed by atoms with Crippen LogP contribution in [-0.4, -0.2) is 47.5 Å². The smallest absolute Gasteiger partial charge is 0.243 e. The summed E-state index contributed by atoms with van der Waals surface area (Å²) in [5, 5.41) is 3.04. The molecule has 6 heteroatoms. The summed E-state index contributed by atoms with van der Waals surface area (Å²) in [6.07, 6.45) is 15.1. The molecule has 1 aliphatic heterocycles. The molecule has 1 saturated carbocycles. The summed E-state index contributed by atoms with van der Waals surface area (Å²) in [5.74, 6) is 2.42. The zero-order chi connectivity index (χ0) is 19.3. The van der Waals surface area contributed by atoms with Crippen molar-refractivity contribution in [3.63, 3.8) is 0 Å². The molecule has 2 amide bonds. The molecule has 0 aromatic rings. The van der Waals surface area contributed by atoms with Crippen LogP contribution in [0.2, 0.25) is 0 Å². The molecule has 2 aliphatic rings. The van der Waals surface area contributed by atoms with Crippen molar-refractivity contribution in [2.24, 2.45) is 11.7 Å². The van der Waals surface area contributed by atoms with Gasteiger partial charge in [-0.2, -0.15) is 0 Å². The van der Waals surface area contributed by atoms with Gasteiger partial charge in [0.2, 0.25) is 11.8 Å². The van der Waals surface area contributed by atoms with Crippen molar-refractivity contribution in [1.82, 2.24) is 10.2 Å². The monoisotopic (exact) mass is 397 g/mol. The van der Waals surface area contributed by atoms with Gasteiger partial charge in [0.05, 0.1) is 5.88 Å². The topological polar surface area (TPSA) is 75.4 Å². The highest BCUT2D eigenvalue weighted by Gasteiger charge is 2.34. The maximum Gasteiger partial charge on any atom is 0.243 e. The van der Waals surface area contributed by atoms with E-state index in [0.29, 0.717) is 18.8 Å². The van der Waals surface area contributed by atoms with Crippen molar-refractivity contribution in [2.45, 2.75) is 89.5 Å². The first-order valence-electron chi connectivity index (χ1n) is 11.1. The number of carbonyl (C=O) groups excluding carboxylic acids is 2. The highest BCUT2D eigenvalue weighted by molar-refractivity contribution is 7.99. The Balaban J connectivity index is 1.61. The van der Waals surface area contributed by atoms with Gasteiger partial charge in [0.25, 0.3) is 0 Å². The maximum absolute atomic E-state index is 12.6. The number of hydrogen-bond acceptors (Lipinski definition) is 4. The molecule has 2 fully saturated rings. The van der Waals surface area contributed by atoms with Gasteiger partial charge in [0.15, 0.2) is 0 Å². The molecule has 0 bridgehead atoms. The second kappa shape index (κ2) is 13.4. The molecule has 3 N–H and O–H groups in total. The number of nitrogens with zero attached hydrogens (tertiary/aromatic N) is 1. The van der Waals surface area contributed by atoms with Crippen LogP contribution in [0.15, 0.2) is 0 Å². The summed E-state index contributed by atoms with van der Waals surface area (Å²) >= 11 is 1.69. The zero-order valence-corrected chi connectivity index (χ0v) is 17.7. The van der Waals surface area contributed by atoms with Crippen LogP contribution in [0.3, 0.4) is 0 Å². The van der Waals surface area contributed by atoms with Crippen molar-refractivity contribution in [1.29, 1.82) is 0 Å². The minimum Gasteiger partial charge on any atom is -0.354 e. The van der Waals surface area contributed by atoms with Crippen LogP contribution in [0.1, 0.15) is 83.5 Å². The summed E-state index contributed by atoms with van der Waals surface area (Å²) < 4.78 is 0. The van der Waals surface area contributed by atoms with E-state index in [1.54, 1.807) is 11.8 Å². The highest BCUT2D eigenvalue weighted by Crippen LogP contribution is 2.28. The summed E-state index contributed by atoms with van der Waals surface area (Å²) in [5.41, 5.74) is 5.49. The predicted molar refractivity (Wildman–Crippen MR) is 114 cm³/mol. The molecule has 27 heavy (non-hydrogen) atoms. The number of nitrogens with two attached hydrogens (primary N) is 1. The molecule has 0 aromatic carbocycles. The Morgan fingerprint density at radius 2 is 1.74 bits per heavy atom. The average molecular weight is 398 g/mol. The predicted octanol–water partition coefficient (Wildman–Crippen LogP) is 3.66. The molecular formula is C21H39N3O2S. The fourth-order valence-corrected chi connectivity index (χ4v) is 5.38. The number of hydrogen-bond donors (Lipinski definition) is 2. The average Bonchev–Trinajstić information content (AvgIpc) is 3.18. The molecule has 0 spiro atoms. The summed E-state index contributed by atoms with van der Waals surface area (Å²) in [4.78, 5) is 26.9. The van der Waals surface area contributed by atoms with Gasteiger partial charge >= 0.3 is 0 Å². The van der Waals surface area contributed by atoms with Crippen LogP contribution in [-0.2, 0) is 9.59 Å². The Kier molecular flexibility index (Phi) is 11.2. The molecule has 2 rings (SSSR count). The van der Waals surface area contributed by atoms with Gasteiger partial charge in [-0.3, -0.25) is 9.59 Å². The highest BCUT2D eigenvalue weighted by atomic mass is 32.2. The SMILES string of the molecule is NCCCCCCCNC(=O)C1CSCN1C(=O)CCCC1CCCCC1. The van der Waals surface area contributed by atoms with Gasteiger partial charge < -0.3 is 16.0 Å². The quantitative estimate of drug-likeness (QED) is 0.493. The molecule has 1 atom stereocenters. The van der Waals surface area contributed by atoms with E-state index in [9.17, 15) is 9.59 Å². The van der Waals surface area contributed by atoms with Gasteiger partial charge in [0.1, 0.15) is 6.04 Å². The Bertz CT molecular complexity index is 441. The largest absolute Gasteiger partial charge is 0.354 e. The third kappa shape index (κ3) is 8.43. The van der Waals surface area contributed by atoms with E-state index in [-0.39, 0.29) is 17.9 Å². The molecule has 156 valence electrons. The van der Waals surface area contributed by atoms with Crippen LogP contribution in [0.5, 0.6) is 0 Å². The first kappa shape index (κ1) is 22.5. The van der Waals surface area contributed by atoms with E-state index in [0.717, 1.165) is 43.9 Å². The number of unbranched alkanes of at least 4 members (excludes halogenated alkanes) is 4. The van der Waals surface area contributed by atoms with E-state index in [1.165, 1.54) is 51.4 Å². The number of carbonyl (C=O) groups is 2. The maximum atomic E-state index is 12.6. The number of thioether (sulfide) groups is 1. The van der Waals surface area contributed by atoms with E-state index < -0.39 is 0 Å². The van der Waals surface area contributed by atoms with Crippen molar-refractivity contribution < 1.29 is 9.59 Å². The lowest BCUT2D eigenvalue weighted by Gasteiger charge is -2.24. The minimum absolute atomic E-state index is 0.0302. The Labute approximate surface area is 169 Å². The number of amides is 2. The molecular weight excluding hydrogens is 358 g/mol. The van der Waals surface area contributed by atoms with Crippen LogP contribution in [0.25, 0.3) is 0 Å². The second-order valence-corrected chi connectivity index (χ2v) is 9.12. The number of rotatable bonds is 12. The Hall–Kier alpha value is -0.750. The molecule has 0 radical (unpaired) electrons. The van der Waals surface area contributed by atoms with Crippen molar-refractivity contribution in [2.75, 3.05) is 24.7 Å². The van der Waals surface area contributed by atoms with Gasteiger partial charge in [-0.1, -0.05) is 51.4 Å². The molecule has 1 unspecified atom stereocenters. The minimum atomic E-state index is -0.269. The third-order valence-corrected chi connectivity index (χ3v) is 6.93. The van der Waals surface area contributed by atoms with Gasteiger partial charge in [0, 0.05) is 18.7 Å². The van der Waals surface area contributed by atoms with E-state index in [1.807, 2.05) is 4.90 Å². The molecule has 1 saturated heterocycles. The lowest BCUT2D eigenvalue weighted by Crippen LogP contribution is -2.47. The van der Waals surface area contributed by atoms with Crippen LogP contribution in [0, 0.1) is 5.92 Å². The molecule has 5 nitrogen and oxygen atoms in total. The first-order chi connectivity index (χ1) is 13.2. The summed E-state index contributed by atoms with van der Waals surface area (Å²) in [6, 6.07) is -0.269. The standard InChI is InChI=1S/C21H39N3O2S/c22-14-7-2-1-3-8-15-23-21(26)19-16-27-17-24(19)20(25)13-9-12-18-10-5-4-6-11-18/h18-19H,1-17,22H2,(H,23,26). The fourth-order valence-electron chi connectivity index (χ4n) is 4.20. The van der Waals surface area contributed by atoms with Crippen LogP contribution in [0.4, 0.5) is 0 Å². The molecule has 1 heterocycles. The fraction of sp³-hybridized carbons (Fsp3) is 0.905. The van der Waals surface area contributed by atoms with Gasteiger partial charge in [-0.05, 0) is 38.1 Å². The van der Waals surface area contributed by atoms with Crippen LogP contribution < -0.4 is 11.1 Å². The van der Waals surface area contributed by atoms with E-state index >= 15 is 0 Å². The third-order valence-electron chi connectivity index (χ3n) is 5.91. The second-order valence-electron chi connectivity index (χ2n) is 8.12. The Morgan fingerprint density at radius 3 is 2.52 bits per heavy atom. The van der Waals surface area contributed by atoms with E-state index in [4.69, 9.17) is 5.73 Å². The van der Waals surface area contributed by atoms with Crippen LogP contribution >= 0.6 is 11.8 Å². The first-order valence-corrected chi connectivity index (χ1v) is 12.2. The normalized spacial score (nSPS) is 20.8. The van der Waals surface area contributed by atoms with Crippen molar-refractivity contribution in [3.8, 4) is 0 Å². The summed E-state index contributed by atoms with van der Waals surface area (Å²) in [6.45, 7) is 1.48. The van der Waals surface area contributed by atoms with Crippen molar-refractivity contribution in [3.05, 3.63) is 0 Å². The molecule has 0 aromatic heterocycles. The lowest BCUT2D eigenvalue weighted by molar-refractivity contribution is -0.138. The van der Waals surface area contributed by atoms with E-state index in [2.05, 4.69) is 5.32 Å². The zero-order valence-electron chi connectivity index (χ0n) is 16.9. The molecule has 1 aliphatic carbocycles. The lowest BCUT2D eigenvalue weighted by atomic mass is 9.86.